The zero-order valence-electron chi connectivity index (χ0n) is 18.0. The van der Waals surface area contributed by atoms with Crippen LogP contribution in [0.1, 0.15) is 13.3 Å². The number of rotatable bonds is 9. The summed E-state index contributed by atoms with van der Waals surface area (Å²) in [6.45, 7) is 2.70. The van der Waals surface area contributed by atoms with Crippen molar-refractivity contribution < 1.29 is 17.9 Å². The maximum absolute atomic E-state index is 12.1. The van der Waals surface area contributed by atoms with Gasteiger partial charge in [-0.1, -0.05) is 6.92 Å². The molecule has 0 bridgehead atoms. The molecule has 2 aromatic heterocycles. The van der Waals surface area contributed by atoms with Gasteiger partial charge in [-0.15, -0.1) is 0 Å². The van der Waals surface area contributed by atoms with Crippen molar-refractivity contribution >= 4 is 44.5 Å². The van der Waals surface area contributed by atoms with Gasteiger partial charge in [-0.3, -0.25) is 0 Å². The molecule has 3 heterocycles. The van der Waals surface area contributed by atoms with E-state index in [9.17, 15) is 8.42 Å². The lowest BCUT2D eigenvalue weighted by Gasteiger charge is -2.18. The van der Waals surface area contributed by atoms with E-state index in [2.05, 4.69) is 19.7 Å². The van der Waals surface area contributed by atoms with Crippen LogP contribution in [-0.4, -0.2) is 61.1 Å². The Balaban J connectivity index is 1.70. The van der Waals surface area contributed by atoms with E-state index in [1.165, 1.54) is 18.1 Å². The van der Waals surface area contributed by atoms with E-state index < -0.39 is 10.0 Å². The van der Waals surface area contributed by atoms with Gasteiger partial charge in [-0.2, -0.15) is 0 Å². The zero-order valence-corrected chi connectivity index (χ0v) is 19.7. The molecule has 0 fully saturated rings. The van der Waals surface area contributed by atoms with E-state index >= 15 is 0 Å². The van der Waals surface area contributed by atoms with Crippen molar-refractivity contribution in [1.29, 1.82) is 0 Å². The van der Waals surface area contributed by atoms with Gasteiger partial charge in [0.1, 0.15) is 6.33 Å². The third kappa shape index (κ3) is 4.54. The fourth-order valence-corrected chi connectivity index (χ4v) is 5.59. The van der Waals surface area contributed by atoms with E-state index in [0.29, 0.717) is 47.3 Å². The van der Waals surface area contributed by atoms with Crippen LogP contribution in [0, 0.1) is 0 Å². The van der Waals surface area contributed by atoms with Crippen LogP contribution in [0.4, 0.5) is 11.5 Å². The molecule has 0 aliphatic carbocycles. The molecule has 1 aliphatic rings. The van der Waals surface area contributed by atoms with Crippen molar-refractivity contribution in [2.24, 2.45) is 0 Å². The average Bonchev–Trinajstić information content (AvgIpc) is 3.32. The van der Waals surface area contributed by atoms with Crippen molar-refractivity contribution in [2.75, 3.05) is 43.8 Å². The van der Waals surface area contributed by atoms with E-state index in [1.807, 2.05) is 35.7 Å². The molecule has 0 atom stereocenters. The topological polar surface area (TPSA) is 137 Å². The number of aromatic nitrogens is 4. The molecule has 3 aromatic rings. The Bertz CT molecular complexity index is 1240. The molecule has 0 saturated carbocycles. The molecule has 0 unspecified atom stereocenters. The third-order valence-electron chi connectivity index (χ3n) is 4.82. The standard InChI is InChI=1S/C19H25N7O4S2/c1-4-23-32(27,28)7-5-6-26-18-16(17(20)21-10-22-18)24-19(26)31-15-9-14-13(29-11-30-14)8-12(15)25(2)3/h8-10,23H,4-7,11H2,1-3H3,(H2,20,21,22). The van der Waals surface area contributed by atoms with Gasteiger partial charge < -0.3 is 24.7 Å². The van der Waals surface area contributed by atoms with Gasteiger partial charge in [0.2, 0.25) is 16.8 Å². The number of hydrogen-bond donors (Lipinski definition) is 2. The summed E-state index contributed by atoms with van der Waals surface area (Å²) in [5, 5.41) is 0.634. The number of nitrogen functional groups attached to an aromatic ring is 1. The molecule has 0 saturated heterocycles. The summed E-state index contributed by atoms with van der Waals surface area (Å²) in [5.41, 5.74) is 8.02. The second-order valence-electron chi connectivity index (χ2n) is 7.32. The van der Waals surface area contributed by atoms with Crippen LogP contribution in [-0.2, 0) is 16.6 Å². The summed E-state index contributed by atoms with van der Waals surface area (Å²) < 4.78 is 39.6. The number of nitrogens with one attached hydrogen (secondary N) is 1. The highest BCUT2D eigenvalue weighted by Crippen LogP contribution is 2.44. The Hall–Kier alpha value is -2.77. The highest BCUT2D eigenvalue weighted by Gasteiger charge is 2.22. The fourth-order valence-electron chi connectivity index (χ4n) is 3.36. The van der Waals surface area contributed by atoms with Crippen LogP contribution in [0.15, 0.2) is 28.5 Å². The Morgan fingerprint density at radius 3 is 2.72 bits per heavy atom. The number of ether oxygens (including phenoxy) is 2. The Labute approximate surface area is 190 Å². The number of fused-ring (bicyclic) bond motifs is 2. The van der Waals surface area contributed by atoms with E-state index in [4.69, 9.17) is 15.2 Å². The van der Waals surface area contributed by atoms with Crippen molar-refractivity contribution in [1.82, 2.24) is 24.2 Å². The summed E-state index contributed by atoms with van der Waals surface area (Å²) in [6, 6.07) is 3.84. The number of imidazole rings is 1. The van der Waals surface area contributed by atoms with Gasteiger partial charge in [-0.25, -0.2) is 28.1 Å². The van der Waals surface area contributed by atoms with Crippen LogP contribution < -0.4 is 24.8 Å². The van der Waals surface area contributed by atoms with E-state index in [1.54, 1.807) is 6.92 Å². The molecular formula is C19H25N7O4S2. The summed E-state index contributed by atoms with van der Waals surface area (Å²) >= 11 is 1.42. The number of nitrogens with zero attached hydrogens (tertiary/aromatic N) is 5. The summed E-state index contributed by atoms with van der Waals surface area (Å²) in [7, 11) is 0.560. The van der Waals surface area contributed by atoms with Crippen LogP contribution in [0.3, 0.4) is 0 Å². The Morgan fingerprint density at radius 1 is 1.25 bits per heavy atom. The molecule has 0 radical (unpaired) electrons. The lowest BCUT2D eigenvalue weighted by Crippen LogP contribution is -2.26. The quantitative estimate of drug-likeness (QED) is 0.466. The monoisotopic (exact) mass is 479 g/mol. The molecule has 1 aromatic carbocycles. The molecule has 32 heavy (non-hydrogen) atoms. The van der Waals surface area contributed by atoms with Gasteiger partial charge in [0.05, 0.1) is 11.4 Å². The lowest BCUT2D eigenvalue weighted by atomic mass is 10.2. The van der Waals surface area contributed by atoms with Crippen molar-refractivity contribution in [3.05, 3.63) is 18.5 Å². The first-order valence-electron chi connectivity index (χ1n) is 10.0. The first kappa shape index (κ1) is 22.4. The number of nitrogens with two attached hydrogens (primary N) is 1. The highest BCUT2D eigenvalue weighted by atomic mass is 32.2. The minimum Gasteiger partial charge on any atom is -0.454 e. The minimum atomic E-state index is -3.33. The maximum atomic E-state index is 12.1. The molecule has 11 nitrogen and oxygen atoms in total. The molecule has 0 spiro atoms. The largest absolute Gasteiger partial charge is 0.454 e. The number of anilines is 2. The van der Waals surface area contributed by atoms with Gasteiger partial charge >= 0.3 is 0 Å². The van der Waals surface area contributed by atoms with Crippen LogP contribution >= 0.6 is 11.8 Å². The Morgan fingerprint density at radius 2 is 2.00 bits per heavy atom. The number of hydrogen-bond acceptors (Lipinski definition) is 10. The fraction of sp³-hybridized carbons (Fsp3) is 0.421. The van der Waals surface area contributed by atoms with Gasteiger partial charge in [0, 0.05) is 44.2 Å². The molecule has 172 valence electrons. The maximum Gasteiger partial charge on any atom is 0.231 e. The second kappa shape index (κ2) is 9.00. The molecular weight excluding hydrogens is 454 g/mol. The number of benzene rings is 1. The predicted molar refractivity (Wildman–Crippen MR) is 123 cm³/mol. The molecule has 3 N–H and O–H groups in total. The SMILES string of the molecule is CCNS(=O)(=O)CCCn1c(Sc2cc3c(cc2N(C)C)OCO3)nc2c(N)ncnc21. The summed E-state index contributed by atoms with van der Waals surface area (Å²) in [6.07, 6.45) is 1.77. The van der Waals surface area contributed by atoms with Gasteiger partial charge in [0.15, 0.2) is 33.6 Å². The van der Waals surface area contributed by atoms with Crippen LogP contribution in [0.25, 0.3) is 11.2 Å². The third-order valence-corrected chi connectivity index (χ3v) is 7.42. The summed E-state index contributed by atoms with van der Waals surface area (Å²) in [4.78, 5) is 15.9. The Kier molecular flexibility index (Phi) is 6.31. The second-order valence-corrected chi connectivity index (χ2v) is 10.3. The first-order valence-corrected chi connectivity index (χ1v) is 12.5. The molecule has 13 heteroatoms. The normalized spacial score (nSPS) is 13.1. The zero-order chi connectivity index (χ0) is 22.9. The number of sulfonamides is 1. The van der Waals surface area contributed by atoms with Crippen molar-refractivity contribution in [2.45, 2.75) is 29.9 Å². The molecule has 0 amide bonds. The van der Waals surface area contributed by atoms with Crippen LogP contribution in [0.2, 0.25) is 0 Å². The summed E-state index contributed by atoms with van der Waals surface area (Å²) in [5.74, 6) is 1.62. The molecule has 4 rings (SSSR count). The van der Waals surface area contributed by atoms with E-state index in [-0.39, 0.29) is 18.4 Å². The predicted octanol–water partition coefficient (Wildman–Crippen LogP) is 1.68. The lowest BCUT2D eigenvalue weighted by molar-refractivity contribution is 0.174. The molecule has 1 aliphatic heterocycles. The average molecular weight is 480 g/mol. The number of aryl methyl sites for hydroxylation is 1. The highest BCUT2D eigenvalue weighted by molar-refractivity contribution is 7.99. The van der Waals surface area contributed by atoms with Crippen molar-refractivity contribution in [3.63, 3.8) is 0 Å². The first-order chi connectivity index (χ1) is 15.3. The van der Waals surface area contributed by atoms with Gasteiger partial charge in [0.25, 0.3) is 0 Å². The smallest absolute Gasteiger partial charge is 0.231 e. The van der Waals surface area contributed by atoms with E-state index in [0.717, 1.165) is 10.6 Å². The minimum absolute atomic E-state index is 0.00183. The van der Waals surface area contributed by atoms with Crippen LogP contribution in [0.5, 0.6) is 11.5 Å². The van der Waals surface area contributed by atoms with Crippen molar-refractivity contribution in [3.8, 4) is 11.5 Å². The van der Waals surface area contributed by atoms with Gasteiger partial charge in [-0.05, 0) is 18.2 Å².